The van der Waals surface area contributed by atoms with Crippen LogP contribution in [0.25, 0.3) is 0 Å². The van der Waals surface area contributed by atoms with Crippen molar-refractivity contribution in [3.8, 4) is 0 Å². The quantitative estimate of drug-likeness (QED) is 0.747. The van der Waals surface area contributed by atoms with Gasteiger partial charge < -0.3 is 0 Å². The van der Waals surface area contributed by atoms with E-state index in [9.17, 15) is 4.79 Å². The third kappa shape index (κ3) is 3.28. The van der Waals surface area contributed by atoms with Crippen molar-refractivity contribution in [3.63, 3.8) is 0 Å². The fourth-order valence-corrected chi connectivity index (χ4v) is 2.14. The van der Waals surface area contributed by atoms with Crippen LogP contribution in [0.5, 0.6) is 0 Å². The lowest BCUT2D eigenvalue weighted by molar-refractivity contribution is 0.0991. The summed E-state index contributed by atoms with van der Waals surface area (Å²) in [4.78, 5) is 16.0. The Hall–Kier alpha value is -1.97. The first-order valence-corrected chi connectivity index (χ1v) is 6.71. The van der Waals surface area contributed by atoms with Gasteiger partial charge in [-0.3, -0.25) is 14.5 Å². The van der Waals surface area contributed by atoms with Gasteiger partial charge in [-0.05, 0) is 31.0 Å². The van der Waals surface area contributed by atoms with Crippen LogP contribution in [0.2, 0.25) is 0 Å². The highest BCUT2D eigenvalue weighted by atomic mass is 16.1. The summed E-state index contributed by atoms with van der Waals surface area (Å²) in [6, 6.07) is 5.82. The summed E-state index contributed by atoms with van der Waals surface area (Å²) in [7, 11) is 0. The summed E-state index contributed by atoms with van der Waals surface area (Å²) >= 11 is 0. The predicted molar refractivity (Wildman–Crippen MR) is 74.1 cm³/mol. The Morgan fingerprint density at radius 2 is 1.89 bits per heavy atom. The van der Waals surface area contributed by atoms with Gasteiger partial charge in [-0.1, -0.05) is 13.8 Å². The molecule has 0 bridgehead atoms. The van der Waals surface area contributed by atoms with E-state index >= 15 is 0 Å². The molecule has 0 radical (unpaired) electrons. The molecule has 0 aliphatic carbocycles. The summed E-state index contributed by atoms with van der Waals surface area (Å²) in [5.41, 5.74) is 1.51. The lowest BCUT2D eigenvalue weighted by Crippen LogP contribution is -2.09. The molecule has 0 unspecified atom stereocenters. The third-order valence-electron chi connectivity index (χ3n) is 3.32. The fourth-order valence-electron chi connectivity index (χ4n) is 2.14. The van der Waals surface area contributed by atoms with Gasteiger partial charge >= 0.3 is 0 Å². The summed E-state index contributed by atoms with van der Waals surface area (Å²) in [5.74, 6) is 0.0807. The third-order valence-corrected chi connectivity index (χ3v) is 3.32. The number of Topliss-reactive ketones (excluding diaryl/α,β-unsaturated/α-hetero) is 1. The maximum Gasteiger partial charge on any atom is 0.168 e. The number of hydrogen-bond acceptors (Lipinski definition) is 3. The molecule has 4 nitrogen and oxygen atoms in total. The minimum Gasteiger partial charge on any atom is -0.294 e. The van der Waals surface area contributed by atoms with E-state index in [4.69, 9.17) is 0 Å². The van der Waals surface area contributed by atoms with Crippen LogP contribution in [-0.4, -0.2) is 20.5 Å². The van der Waals surface area contributed by atoms with Crippen LogP contribution in [-0.2, 0) is 6.42 Å². The van der Waals surface area contributed by atoms with E-state index in [1.807, 2.05) is 16.9 Å². The Balaban J connectivity index is 2.06. The largest absolute Gasteiger partial charge is 0.294 e. The Labute approximate surface area is 113 Å². The average molecular weight is 257 g/mol. The van der Waals surface area contributed by atoms with Crippen molar-refractivity contribution in [1.82, 2.24) is 14.8 Å². The molecule has 0 aliphatic heterocycles. The molecule has 2 aromatic heterocycles. The van der Waals surface area contributed by atoms with E-state index in [0.29, 0.717) is 18.0 Å². The van der Waals surface area contributed by atoms with Crippen molar-refractivity contribution in [2.24, 2.45) is 0 Å². The Kier molecular flexibility index (Phi) is 4.44. The second-order valence-corrected chi connectivity index (χ2v) is 4.59. The van der Waals surface area contributed by atoms with E-state index < -0.39 is 0 Å². The van der Waals surface area contributed by atoms with Crippen molar-refractivity contribution in [2.45, 2.75) is 39.2 Å². The molecular formula is C15H19N3O. The van der Waals surface area contributed by atoms with E-state index in [2.05, 4.69) is 23.9 Å². The van der Waals surface area contributed by atoms with Crippen molar-refractivity contribution in [1.29, 1.82) is 0 Å². The monoisotopic (exact) mass is 257 g/mol. The van der Waals surface area contributed by atoms with Crippen molar-refractivity contribution in [2.75, 3.05) is 0 Å². The molecule has 0 aliphatic rings. The minimum atomic E-state index is 0.0807. The standard InChI is InChI=1S/C15H19N3O/c1-3-14(4-2)18-10-7-13(17-18)11-15(19)12-5-8-16-9-6-12/h5-10,14H,3-4,11H2,1-2H3. The number of ketones is 1. The zero-order chi connectivity index (χ0) is 13.7. The molecule has 0 aromatic carbocycles. The molecule has 100 valence electrons. The van der Waals surface area contributed by atoms with Crippen LogP contribution in [0.4, 0.5) is 0 Å². The molecule has 0 spiro atoms. The van der Waals surface area contributed by atoms with Crippen LogP contribution in [0.3, 0.4) is 0 Å². The van der Waals surface area contributed by atoms with Crippen molar-refractivity contribution >= 4 is 5.78 Å². The number of rotatable bonds is 6. The second kappa shape index (κ2) is 6.27. The first-order chi connectivity index (χ1) is 9.24. The smallest absolute Gasteiger partial charge is 0.168 e. The van der Waals surface area contributed by atoms with Gasteiger partial charge in [-0.2, -0.15) is 5.10 Å². The predicted octanol–water partition coefficient (Wildman–Crippen LogP) is 3.06. The molecule has 0 N–H and O–H groups in total. The lowest BCUT2D eigenvalue weighted by Gasteiger charge is -2.12. The Bertz CT molecular complexity index is 529. The van der Waals surface area contributed by atoms with Crippen LogP contribution in [0, 0.1) is 0 Å². The van der Waals surface area contributed by atoms with E-state index in [1.54, 1.807) is 24.5 Å². The topological polar surface area (TPSA) is 47.8 Å². The highest BCUT2D eigenvalue weighted by Gasteiger charge is 2.11. The molecule has 4 heteroatoms. The molecule has 2 rings (SSSR count). The normalized spacial score (nSPS) is 10.9. The molecule has 0 fully saturated rings. The molecular weight excluding hydrogens is 238 g/mol. The van der Waals surface area contributed by atoms with Gasteiger partial charge in [-0.15, -0.1) is 0 Å². The van der Waals surface area contributed by atoms with Gasteiger partial charge in [0.1, 0.15) is 0 Å². The van der Waals surface area contributed by atoms with Crippen LogP contribution in [0.1, 0.15) is 48.8 Å². The summed E-state index contributed by atoms with van der Waals surface area (Å²) in [6.07, 6.45) is 7.68. The minimum absolute atomic E-state index is 0.0807. The molecule has 0 atom stereocenters. The van der Waals surface area contributed by atoms with Gasteiger partial charge in [0.15, 0.2) is 5.78 Å². The maximum atomic E-state index is 12.1. The summed E-state index contributed by atoms with van der Waals surface area (Å²) in [5, 5.41) is 4.50. The highest BCUT2D eigenvalue weighted by molar-refractivity contribution is 5.97. The molecule has 2 aromatic rings. The zero-order valence-electron chi connectivity index (χ0n) is 11.4. The molecule has 19 heavy (non-hydrogen) atoms. The summed E-state index contributed by atoms with van der Waals surface area (Å²) < 4.78 is 1.97. The molecule has 0 amide bonds. The fraction of sp³-hybridized carbons (Fsp3) is 0.400. The number of nitrogens with zero attached hydrogens (tertiary/aromatic N) is 3. The van der Waals surface area contributed by atoms with Gasteiger partial charge in [0.25, 0.3) is 0 Å². The molecule has 2 heterocycles. The summed E-state index contributed by atoms with van der Waals surface area (Å²) in [6.45, 7) is 4.30. The molecule has 0 saturated carbocycles. The van der Waals surface area contributed by atoms with E-state index in [-0.39, 0.29) is 5.78 Å². The highest BCUT2D eigenvalue weighted by Crippen LogP contribution is 2.15. The average Bonchev–Trinajstić information content (AvgIpc) is 2.89. The van der Waals surface area contributed by atoms with Crippen molar-refractivity contribution in [3.05, 3.63) is 48.0 Å². The van der Waals surface area contributed by atoms with E-state index in [0.717, 1.165) is 18.5 Å². The Morgan fingerprint density at radius 1 is 1.21 bits per heavy atom. The number of aromatic nitrogens is 3. The first-order valence-electron chi connectivity index (χ1n) is 6.71. The van der Waals surface area contributed by atoms with Gasteiger partial charge in [0.05, 0.1) is 18.2 Å². The number of pyridine rings is 1. The van der Waals surface area contributed by atoms with Gasteiger partial charge in [-0.25, -0.2) is 0 Å². The second-order valence-electron chi connectivity index (χ2n) is 4.59. The number of hydrogen-bond donors (Lipinski definition) is 0. The van der Waals surface area contributed by atoms with Crippen LogP contribution >= 0.6 is 0 Å². The number of carbonyl (C=O) groups excluding carboxylic acids is 1. The SMILES string of the molecule is CCC(CC)n1ccc(CC(=O)c2ccncc2)n1. The van der Waals surface area contributed by atoms with Crippen LogP contribution in [0.15, 0.2) is 36.8 Å². The first kappa shape index (κ1) is 13.5. The number of carbonyl (C=O) groups is 1. The van der Waals surface area contributed by atoms with Gasteiger partial charge in [0, 0.05) is 24.2 Å². The zero-order valence-corrected chi connectivity index (χ0v) is 11.4. The van der Waals surface area contributed by atoms with Crippen LogP contribution < -0.4 is 0 Å². The maximum absolute atomic E-state index is 12.1. The lowest BCUT2D eigenvalue weighted by atomic mass is 10.1. The molecule has 0 saturated heterocycles. The Morgan fingerprint density at radius 3 is 2.53 bits per heavy atom. The van der Waals surface area contributed by atoms with E-state index in [1.165, 1.54) is 0 Å². The van der Waals surface area contributed by atoms with Crippen molar-refractivity contribution < 1.29 is 4.79 Å². The van der Waals surface area contributed by atoms with Gasteiger partial charge in [0.2, 0.25) is 0 Å².